The fraction of sp³-hybridized carbons (Fsp3) is 0.182. The molecule has 4 aromatic rings. The molecule has 138 valence electrons. The Kier molecular flexibility index (Phi) is 4.09. The summed E-state index contributed by atoms with van der Waals surface area (Å²) in [4.78, 5) is 11.4. The fourth-order valence-corrected chi connectivity index (χ4v) is 3.71. The van der Waals surface area contributed by atoms with Crippen molar-refractivity contribution >= 4 is 17.0 Å². The zero-order valence-electron chi connectivity index (χ0n) is 15.7. The first-order valence-corrected chi connectivity index (χ1v) is 9.40. The number of hydrogen-bond donors (Lipinski definition) is 0. The van der Waals surface area contributed by atoms with E-state index in [0.29, 0.717) is 0 Å². The van der Waals surface area contributed by atoms with Gasteiger partial charge in [0.25, 0.3) is 0 Å². The normalized spacial score (nSPS) is 14.3. The van der Waals surface area contributed by atoms with Gasteiger partial charge in [-0.25, -0.2) is 4.98 Å². The number of pyridine rings is 3. The molecule has 0 atom stereocenters. The van der Waals surface area contributed by atoms with Crippen molar-refractivity contribution in [3.63, 3.8) is 0 Å². The van der Waals surface area contributed by atoms with Crippen LogP contribution in [0.3, 0.4) is 0 Å². The molecular formula is C22H20N6. The Bertz CT molecular complexity index is 1160. The number of aryl methyl sites for hydroxylation is 1. The van der Waals surface area contributed by atoms with Gasteiger partial charge in [0.1, 0.15) is 12.1 Å². The van der Waals surface area contributed by atoms with E-state index >= 15 is 0 Å². The maximum atomic E-state index is 4.68. The quantitative estimate of drug-likeness (QED) is 0.551. The van der Waals surface area contributed by atoms with Crippen molar-refractivity contribution in [3.8, 4) is 11.1 Å². The third kappa shape index (κ3) is 2.93. The molecule has 0 radical (unpaired) electrons. The Morgan fingerprint density at radius 3 is 2.75 bits per heavy atom. The van der Waals surface area contributed by atoms with Crippen LogP contribution in [-0.4, -0.2) is 37.7 Å². The Morgan fingerprint density at radius 1 is 1.00 bits per heavy atom. The Balaban J connectivity index is 1.46. The smallest absolute Gasteiger partial charge is 0.168 e. The Morgan fingerprint density at radius 2 is 1.93 bits per heavy atom. The Hall–Kier alpha value is -3.54. The topological polar surface area (TPSA) is 59.2 Å². The van der Waals surface area contributed by atoms with Gasteiger partial charge in [-0.05, 0) is 49.2 Å². The summed E-state index contributed by atoms with van der Waals surface area (Å²) < 4.78 is 1.96. The van der Waals surface area contributed by atoms with Gasteiger partial charge in [0.05, 0.1) is 0 Å². The monoisotopic (exact) mass is 368 g/mol. The molecule has 0 amide bonds. The van der Waals surface area contributed by atoms with Gasteiger partial charge in [0, 0.05) is 54.1 Å². The summed E-state index contributed by atoms with van der Waals surface area (Å²) >= 11 is 0. The number of anilines is 1. The van der Waals surface area contributed by atoms with Crippen LogP contribution in [0, 0.1) is 6.92 Å². The van der Waals surface area contributed by atoms with E-state index in [1.807, 2.05) is 48.1 Å². The minimum absolute atomic E-state index is 0.813. The van der Waals surface area contributed by atoms with E-state index in [0.717, 1.165) is 53.4 Å². The molecule has 0 saturated heterocycles. The Labute approximate surface area is 163 Å². The summed E-state index contributed by atoms with van der Waals surface area (Å²) in [5.41, 5.74) is 6.60. The van der Waals surface area contributed by atoms with Gasteiger partial charge in [-0.2, -0.15) is 0 Å². The summed E-state index contributed by atoms with van der Waals surface area (Å²) in [6.45, 7) is 3.72. The van der Waals surface area contributed by atoms with Crippen LogP contribution in [-0.2, 0) is 0 Å². The third-order valence-corrected chi connectivity index (χ3v) is 5.19. The summed E-state index contributed by atoms with van der Waals surface area (Å²) in [7, 11) is 0. The zero-order valence-corrected chi connectivity index (χ0v) is 15.7. The van der Waals surface area contributed by atoms with E-state index < -0.39 is 0 Å². The molecule has 6 nitrogen and oxygen atoms in total. The van der Waals surface area contributed by atoms with Crippen molar-refractivity contribution in [2.45, 2.75) is 13.3 Å². The summed E-state index contributed by atoms with van der Waals surface area (Å²) in [6, 6.07) is 12.4. The van der Waals surface area contributed by atoms with Gasteiger partial charge < -0.3 is 4.90 Å². The fourth-order valence-electron chi connectivity index (χ4n) is 3.71. The molecule has 0 N–H and O–H groups in total. The molecule has 0 saturated carbocycles. The van der Waals surface area contributed by atoms with Crippen LogP contribution >= 0.6 is 0 Å². The van der Waals surface area contributed by atoms with E-state index in [1.54, 1.807) is 6.33 Å². The van der Waals surface area contributed by atoms with Crippen molar-refractivity contribution in [2.75, 3.05) is 18.0 Å². The standard InChI is InChI=1S/C22H20N6/c1-16-6-7-18(14-24-16)20-4-2-10-23-21(20)27-12-8-17(9-13-27)19-5-3-11-28-15-25-26-22(19)28/h2-8,10-11,14-15H,9,12-13H2,1H3. The van der Waals surface area contributed by atoms with E-state index in [1.165, 1.54) is 5.57 Å². The first kappa shape index (κ1) is 16.6. The average Bonchev–Trinajstić information content (AvgIpc) is 3.24. The predicted molar refractivity (Wildman–Crippen MR) is 110 cm³/mol. The van der Waals surface area contributed by atoms with Gasteiger partial charge >= 0.3 is 0 Å². The molecule has 0 unspecified atom stereocenters. The highest BCUT2D eigenvalue weighted by Gasteiger charge is 2.19. The lowest BCUT2D eigenvalue weighted by Crippen LogP contribution is -2.29. The summed E-state index contributed by atoms with van der Waals surface area (Å²) in [5.74, 6) is 1.00. The lowest BCUT2D eigenvalue weighted by atomic mass is 9.99. The molecular weight excluding hydrogens is 348 g/mol. The summed E-state index contributed by atoms with van der Waals surface area (Å²) in [5, 5.41) is 8.30. The van der Waals surface area contributed by atoms with E-state index in [9.17, 15) is 0 Å². The van der Waals surface area contributed by atoms with E-state index in [2.05, 4.69) is 49.3 Å². The van der Waals surface area contributed by atoms with Crippen LogP contribution < -0.4 is 4.90 Å². The van der Waals surface area contributed by atoms with Crippen molar-refractivity contribution in [2.24, 2.45) is 0 Å². The van der Waals surface area contributed by atoms with Crippen LogP contribution in [0.1, 0.15) is 17.7 Å². The number of aromatic nitrogens is 5. The van der Waals surface area contributed by atoms with Crippen LogP contribution in [0.4, 0.5) is 5.82 Å². The molecule has 0 fully saturated rings. The molecule has 28 heavy (non-hydrogen) atoms. The molecule has 5 rings (SSSR count). The summed E-state index contributed by atoms with van der Waals surface area (Å²) in [6.07, 6.45) is 10.7. The van der Waals surface area contributed by atoms with Crippen molar-refractivity contribution < 1.29 is 0 Å². The van der Waals surface area contributed by atoms with E-state index in [4.69, 9.17) is 0 Å². The highest BCUT2D eigenvalue weighted by Crippen LogP contribution is 2.32. The maximum Gasteiger partial charge on any atom is 0.168 e. The molecule has 0 bridgehead atoms. The molecule has 0 spiro atoms. The lowest BCUT2D eigenvalue weighted by molar-refractivity contribution is 0.817. The molecule has 0 aromatic carbocycles. The highest BCUT2D eigenvalue weighted by atomic mass is 15.2. The highest BCUT2D eigenvalue weighted by molar-refractivity contribution is 5.79. The second kappa shape index (κ2) is 6.88. The number of nitrogens with zero attached hydrogens (tertiary/aromatic N) is 6. The molecule has 6 heteroatoms. The van der Waals surface area contributed by atoms with Gasteiger partial charge in [-0.1, -0.05) is 12.1 Å². The van der Waals surface area contributed by atoms with Crippen molar-refractivity contribution in [1.82, 2.24) is 24.6 Å². The predicted octanol–water partition coefficient (Wildman–Crippen LogP) is 3.79. The molecule has 1 aliphatic heterocycles. The molecule has 5 heterocycles. The maximum absolute atomic E-state index is 4.68. The lowest BCUT2D eigenvalue weighted by Gasteiger charge is -2.29. The van der Waals surface area contributed by atoms with Crippen molar-refractivity contribution in [1.29, 1.82) is 0 Å². The van der Waals surface area contributed by atoms with Gasteiger partial charge in [-0.15, -0.1) is 10.2 Å². The molecule has 4 aromatic heterocycles. The van der Waals surface area contributed by atoms with Gasteiger partial charge in [0.15, 0.2) is 5.65 Å². The molecule has 1 aliphatic rings. The van der Waals surface area contributed by atoms with E-state index in [-0.39, 0.29) is 0 Å². The van der Waals surface area contributed by atoms with Crippen molar-refractivity contribution in [3.05, 3.63) is 78.6 Å². The number of rotatable bonds is 3. The van der Waals surface area contributed by atoms with Crippen LogP contribution in [0.2, 0.25) is 0 Å². The number of fused-ring (bicyclic) bond motifs is 1. The van der Waals surface area contributed by atoms with Crippen LogP contribution in [0.25, 0.3) is 22.3 Å². The van der Waals surface area contributed by atoms with Gasteiger partial charge in [-0.3, -0.25) is 9.38 Å². The second-order valence-electron chi connectivity index (χ2n) is 6.97. The zero-order chi connectivity index (χ0) is 18.9. The second-order valence-corrected chi connectivity index (χ2v) is 6.97. The first-order chi connectivity index (χ1) is 13.8. The minimum atomic E-state index is 0.813. The van der Waals surface area contributed by atoms with Gasteiger partial charge in [0.2, 0.25) is 0 Å². The SMILES string of the molecule is Cc1ccc(-c2cccnc2N2CC=C(c3cccn4cnnc34)CC2)cn1. The van der Waals surface area contributed by atoms with Crippen LogP contribution in [0.5, 0.6) is 0 Å². The average molecular weight is 368 g/mol. The molecule has 0 aliphatic carbocycles. The van der Waals surface area contributed by atoms with Crippen LogP contribution in [0.15, 0.2) is 67.4 Å². The minimum Gasteiger partial charge on any atom is -0.352 e. The largest absolute Gasteiger partial charge is 0.352 e. The first-order valence-electron chi connectivity index (χ1n) is 9.40. The third-order valence-electron chi connectivity index (χ3n) is 5.19. The number of hydrogen-bond acceptors (Lipinski definition) is 5.